The van der Waals surface area contributed by atoms with Gasteiger partial charge in [0.1, 0.15) is 0 Å². The fraction of sp³-hybridized carbons (Fsp3) is 0.667. The number of hydrogen-bond acceptors (Lipinski definition) is 6. The van der Waals surface area contributed by atoms with Crippen LogP contribution in [0.4, 0.5) is 11.6 Å². The van der Waals surface area contributed by atoms with Gasteiger partial charge in [0.05, 0.1) is 19.3 Å². The van der Waals surface area contributed by atoms with E-state index in [-0.39, 0.29) is 18.5 Å². The first-order chi connectivity index (χ1) is 8.13. The Balaban J connectivity index is 2.26. The number of aromatic nitrogens is 2. The average molecular weight is 242 g/mol. The summed E-state index contributed by atoms with van der Waals surface area (Å²) in [5.74, 6) is 0.294. The van der Waals surface area contributed by atoms with E-state index < -0.39 is 4.92 Å². The number of aliphatic hydroxyl groups excluding tert-OH is 1. The molecule has 94 valence electrons. The molecule has 0 saturated carbocycles. The third-order valence-corrected chi connectivity index (χ3v) is 2.70. The fourth-order valence-corrected chi connectivity index (χ4v) is 1.93. The van der Waals surface area contributed by atoms with E-state index in [9.17, 15) is 10.1 Å². The molecule has 8 heteroatoms. The number of rotatable bonds is 3. The second kappa shape index (κ2) is 4.68. The number of imidazole rings is 1. The van der Waals surface area contributed by atoms with Gasteiger partial charge in [0.2, 0.25) is 12.1 Å². The van der Waals surface area contributed by atoms with Gasteiger partial charge in [-0.2, -0.15) is 0 Å². The lowest BCUT2D eigenvalue weighted by Crippen LogP contribution is -2.45. The summed E-state index contributed by atoms with van der Waals surface area (Å²) in [6.45, 7) is 1.32. The molecular formula is C9H14N4O4. The lowest BCUT2D eigenvalue weighted by atomic mass is 10.3. The highest BCUT2D eigenvalue weighted by atomic mass is 16.6. The van der Waals surface area contributed by atoms with Crippen molar-refractivity contribution in [3.05, 3.63) is 16.4 Å². The normalized spacial score (nSPS) is 20.6. The van der Waals surface area contributed by atoms with E-state index in [4.69, 9.17) is 9.84 Å². The van der Waals surface area contributed by atoms with Crippen LogP contribution in [0.25, 0.3) is 0 Å². The molecule has 0 amide bonds. The summed E-state index contributed by atoms with van der Waals surface area (Å²) in [5, 5.41) is 19.9. The first-order valence-corrected chi connectivity index (χ1v) is 5.26. The van der Waals surface area contributed by atoms with E-state index in [0.717, 1.165) is 0 Å². The van der Waals surface area contributed by atoms with E-state index in [0.29, 0.717) is 25.5 Å². The molecule has 0 aliphatic carbocycles. The van der Waals surface area contributed by atoms with Crippen molar-refractivity contribution in [2.45, 2.75) is 6.10 Å². The van der Waals surface area contributed by atoms with Crippen LogP contribution < -0.4 is 4.90 Å². The largest absolute Gasteiger partial charge is 0.406 e. The van der Waals surface area contributed by atoms with Gasteiger partial charge < -0.3 is 24.9 Å². The molecule has 1 atom stereocenters. The summed E-state index contributed by atoms with van der Waals surface area (Å²) < 4.78 is 6.91. The molecule has 17 heavy (non-hydrogen) atoms. The molecule has 1 aromatic heterocycles. The highest BCUT2D eigenvalue weighted by Crippen LogP contribution is 2.27. The molecule has 1 aliphatic rings. The third kappa shape index (κ3) is 2.22. The molecule has 2 heterocycles. The summed E-state index contributed by atoms with van der Waals surface area (Å²) >= 11 is 0. The van der Waals surface area contributed by atoms with E-state index in [1.54, 1.807) is 11.6 Å². The second-order valence-electron chi connectivity index (χ2n) is 3.88. The van der Waals surface area contributed by atoms with E-state index in [2.05, 4.69) is 4.98 Å². The molecule has 1 N–H and O–H groups in total. The minimum absolute atomic E-state index is 0.0951. The number of morpholine rings is 1. The Bertz CT molecular complexity index is 419. The van der Waals surface area contributed by atoms with Crippen LogP contribution in [0.3, 0.4) is 0 Å². The highest BCUT2D eigenvalue weighted by molar-refractivity contribution is 5.54. The van der Waals surface area contributed by atoms with Crippen molar-refractivity contribution in [3.8, 4) is 0 Å². The second-order valence-corrected chi connectivity index (χ2v) is 3.88. The van der Waals surface area contributed by atoms with Gasteiger partial charge in [-0.25, -0.2) is 0 Å². The molecule has 8 nitrogen and oxygen atoms in total. The van der Waals surface area contributed by atoms with Gasteiger partial charge >= 0.3 is 5.82 Å². The molecule has 1 aliphatic heterocycles. The first-order valence-electron chi connectivity index (χ1n) is 5.26. The fourth-order valence-electron chi connectivity index (χ4n) is 1.93. The number of anilines is 1. The van der Waals surface area contributed by atoms with Crippen molar-refractivity contribution >= 4 is 11.6 Å². The number of nitro groups is 1. The summed E-state index contributed by atoms with van der Waals surface area (Å²) in [4.78, 5) is 15.9. The standard InChI is InChI=1S/C9H14N4O4/c1-11-6-10-8(13(15)16)9(11)12-2-3-17-7(4-12)5-14/h6-7,14H,2-5H2,1H3. The predicted molar refractivity (Wildman–Crippen MR) is 58.9 cm³/mol. The molecule has 0 bridgehead atoms. The van der Waals surface area contributed by atoms with Crippen molar-refractivity contribution in [1.29, 1.82) is 0 Å². The number of aliphatic hydroxyl groups is 1. The van der Waals surface area contributed by atoms with Crippen molar-refractivity contribution in [3.63, 3.8) is 0 Å². The van der Waals surface area contributed by atoms with Crippen LogP contribution in [-0.2, 0) is 11.8 Å². The van der Waals surface area contributed by atoms with Crippen LogP contribution >= 0.6 is 0 Å². The number of nitrogens with zero attached hydrogens (tertiary/aromatic N) is 4. The molecule has 2 rings (SSSR count). The Morgan fingerprint density at radius 1 is 1.76 bits per heavy atom. The van der Waals surface area contributed by atoms with E-state index in [1.165, 1.54) is 6.33 Å². The molecule has 1 saturated heterocycles. The van der Waals surface area contributed by atoms with Crippen LogP contribution in [0.2, 0.25) is 0 Å². The Labute approximate surface area is 97.6 Å². The quantitative estimate of drug-likeness (QED) is 0.568. The van der Waals surface area contributed by atoms with Crippen molar-refractivity contribution in [2.24, 2.45) is 7.05 Å². The monoisotopic (exact) mass is 242 g/mol. The topological polar surface area (TPSA) is 93.7 Å². The number of aryl methyl sites for hydroxylation is 1. The Morgan fingerprint density at radius 2 is 2.53 bits per heavy atom. The molecule has 1 aromatic rings. The van der Waals surface area contributed by atoms with Crippen molar-refractivity contribution in [1.82, 2.24) is 9.55 Å². The number of ether oxygens (including phenoxy) is 1. The van der Waals surface area contributed by atoms with Gasteiger partial charge in [0, 0.05) is 20.1 Å². The van der Waals surface area contributed by atoms with Crippen LogP contribution in [0.15, 0.2) is 6.33 Å². The van der Waals surface area contributed by atoms with E-state index >= 15 is 0 Å². The zero-order valence-electron chi connectivity index (χ0n) is 9.44. The van der Waals surface area contributed by atoms with Crippen LogP contribution in [0, 0.1) is 10.1 Å². The average Bonchev–Trinajstić information content (AvgIpc) is 2.71. The predicted octanol–water partition coefficient (Wildman–Crippen LogP) is -0.474. The van der Waals surface area contributed by atoms with Crippen LogP contribution in [0.1, 0.15) is 0 Å². The van der Waals surface area contributed by atoms with Crippen molar-refractivity contribution < 1.29 is 14.8 Å². The van der Waals surface area contributed by atoms with Crippen LogP contribution in [-0.4, -0.2) is 52.0 Å². The lowest BCUT2D eigenvalue weighted by molar-refractivity contribution is -0.388. The van der Waals surface area contributed by atoms with Gasteiger partial charge in [-0.3, -0.25) is 4.57 Å². The summed E-state index contributed by atoms with van der Waals surface area (Å²) in [7, 11) is 1.71. The number of hydrogen-bond donors (Lipinski definition) is 1. The molecule has 0 spiro atoms. The summed E-state index contributed by atoms with van der Waals surface area (Å²) in [6, 6.07) is 0. The van der Waals surface area contributed by atoms with Crippen LogP contribution in [0.5, 0.6) is 0 Å². The maximum Gasteiger partial charge on any atom is 0.406 e. The molecular weight excluding hydrogens is 228 g/mol. The minimum Gasteiger partial charge on any atom is -0.394 e. The molecule has 1 fully saturated rings. The first kappa shape index (κ1) is 11.8. The Kier molecular flexibility index (Phi) is 3.25. The zero-order valence-corrected chi connectivity index (χ0v) is 9.44. The van der Waals surface area contributed by atoms with Gasteiger partial charge in [-0.1, -0.05) is 0 Å². The molecule has 0 aromatic carbocycles. The Hall–Kier alpha value is -1.67. The van der Waals surface area contributed by atoms with Gasteiger partial charge in [-0.05, 0) is 9.91 Å². The molecule has 0 radical (unpaired) electrons. The maximum absolute atomic E-state index is 10.9. The van der Waals surface area contributed by atoms with Gasteiger partial charge in [-0.15, -0.1) is 0 Å². The van der Waals surface area contributed by atoms with Crippen molar-refractivity contribution in [2.75, 3.05) is 31.2 Å². The summed E-state index contributed by atoms with van der Waals surface area (Å²) in [6.07, 6.45) is 1.11. The smallest absolute Gasteiger partial charge is 0.394 e. The van der Waals surface area contributed by atoms with Gasteiger partial charge in [0.25, 0.3) is 0 Å². The maximum atomic E-state index is 10.9. The Morgan fingerprint density at radius 3 is 3.18 bits per heavy atom. The highest BCUT2D eigenvalue weighted by Gasteiger charge is 2.29. The van der Waals surface area contributed by atoms with Gasteiger partial charge in [0.15, 0.2) is 0 Å². The lowest BCUT2D eigenvalue weighted by Gasteiger charge is -2.32. The SMILES string of the molecule is Cn1cnc([N+](=O)[O-])c1N1CCOC(CO)C1. The molecule has 1 unspecified atom stereocenters. The third-order valence-electron chi connectivity index (χ3n) is 2.70. The van der Waals surface area contributed by atoms with E-state index in [1.807, 2.05) is 4.90 Å². The summed E-state index contributed by atoms with van der Waals surface area (Å²) in [5.41, 5.74) is 0. The zero-order chi connectivity index (χ0) is 12.4. The minimum atomic E-state index is -0.501.